The number of ether oxygens (including phenoxy) is 1. The number of benzene rings is 1. The number of esters is 1. The molecule has 21 heavy (non-hydrogen) atoms. The van der Waals surface area contributed by atoms with Crippen LogP contribution in [-0.2, 0) is 4.74 Å². The number of carbonyl (C=O) groups excluding carboxylic acids is 1. The van der Waals surface area contributed by atoms with Gasteiger partial charge in [-0.15, -0.1) is 0 Å². The predicted octanol–water partition coefficient (Wildman–Crippen LogP) is 4.82. The average molecular weight is 349 g/mol. The minimum Gasteiger partial charge on any atom is -0.462 e. The lowest BCUT2D eigenvalue weighted by Gasteiger charge is -2.56. The molecule has 0 amide bonds. The third kappa shape index (κ3) is 2.65. The van der Waals surface area contributed by atoms with Gasteiger partial charge in [0.25, 0.3) is 0 Å². The smallest absolute Gasteiger partial charge is 0.338 e. The van der Waals surface area contributed by atoms with Crippen molar-refractivity contribution in [2.75, 3.05) is 6.61 Å². The number of hydrogen-bond donors (Lipinski definition) is 0. The van der Waals surface area contributed by atoms with Gasteiger partial charge >= 0.3 is 5.97 Å². The minimum atomic E-state index is -0.168. The second-order valence-corrected chi connectivity index (χ2v) is 8.42. The molecule has 0 heterocycles. The molecule has 0 radical (unpaired) electrons. The summed E-state index contributed by atoms with van der Waals surface area (Å²) in [5.41, 5.74) is 0.961. The third-order valence-electron chi connectivity index (χ3n) is 5.75. The second kappa shape index (κ2) is 5.12. The highest BCUT2D eigenvalue weighted by Crippen LogP contribution is 2.60. The fraction of sp³-hybridized carbons (Fsp3) is 0.611. The molecule has 4 fully saturated rings. The van der Waals surface area contributed by atoms with Crippen molar-refractivity contribution >= 4 is 21.9 Å². The Bertz CT molecular complexity index is 514. The van der Waals surface area contributed by atoms with Crippen LogP contribution in [0.3, 0.4) is 0 Å². The highest BCUT2D eigenvalue weighted by Gasteiger charge is 2.51. The van der Waals surface area contributed by atoms with Crippen LogP contribution in [0.25, 0.3) is 0 Å². The maximum absolute atomic E-state index is 12.2. The molecule has 0 aliphatic heterocycles. The van der Waals surface area contributed by atoms with Crippen molar-refractivity contribution in [3.8, 4) is 0 Å². The summed E-state index contributed by atoms with van der Waals surface area (Å²) in [6.45, 7) is 0.630. The molecule has 0 aromatic heterocycles. The SMILES string of the molecule is O=C(OCC12CC3CC(CC(C3)C1)C2)c1ccc(Br)cc1. The van der Waals surface area contributed by atoms with E-state index in [-0.39, 0.29) is 5.97 Å². The number of carbonyl (C=O) groups is 1. The molecule has 112 valence electrons. The number of halogens is 1. The standard InChI is InChI=1S/C18H21BrO2/c19-16-3-1-15(2-4-16)17(20)21-11-18-8-12-5-13(9-18)7-14(6-12)10-18/h1-4,12-14H,5-11H2. The molecule has 0 atom stereocenters. The van der Waals surface area contributed by atoms with Gasteiger partial charge in [0.2, 0.25) is 0 Å². The lowest BCUT2D eigenvalue weighted by Crippen LogP contribution is -2.48. The van der Waals surface area contributed by atoms with E-state index in [1.54, 1.807) is 0 Å². The highest BCUT2D eigenvalue weighted by atomic mass is 79.9. The Hall–Kier alpha value is -0.830. The number of rotatable bonds is 3. The summed E-state index contributed by atoms with van der Waals surface area (Å²) in [5, 5.41) is 0. The van der Waals surface area contributed by atoms with Crippen molar-refractivity contribution in [1.82, 2.24) is 0 Å². The second-order valence-electron chi connectivity index (χ2n) is 7.50. The van der Waals surface area contributed by atoms with E-state index in [2.05, 4.69) is 15.9 Å². The first-order valence-corrected chi connectivity index (χ1v) is 8.84. The zero-order chi connectivity index (χ0) is 14.4. The monoisotopic (exact) mass is 348 g/mol. The normalized spacial score (nSPS) is 36.7. The van der Waals surface area contributed by atoms with Gasteiger partial charge in [0.15, 0.2) is 0 Å². The first-order valence-electron chi connectivity index (χ1n) is 8.05. The van der Waals surface area contributed by atoms with Crippen LogP contribution in [0.15, 0.2) is 28.7 Å². The summed E-state index contributed by atoms with van der Waals surface area (Å²) in [4.78, 5) is 12.2. The van der Waals surface area contributed by atoms with Crippen LogP contribution in [0.5, 0.6) is 0 Å². The van der Waals surface area contributed by atoms with Gasteiger partial charge in [0, 0.05) is 9.89 Å². The van der Waals surface area contributed by atoms with E-state index in [0.29, 0.717) is 17.6 Å². The summed E-state index contributed by atoms with van der Waals surface area (Å²) in [6.07, 6.45) is 8.14. The molecule has 1 aromatic rings. The minimum absolute atomic E-state index is 0.168. The first-order chi connectivity index (χ1) is 10.1. The molecule has 0 N–H and O–H groups in total. The Morgan fingerprint density at radius 2 is 1.57 bits per heavy atom. The van der Waals surface area contributed by atoms with Crippen molar-refractivity contribution in [2.45, 2.75) is 38.5 Å². The number of hydrogen-bond acceptors (Lipinski definition) is 2. The fourth-order valence-electron chi connectivity index (χ4n) is 5.35. The highest BCUT2D eigenvalue weighted by molar-refractivity contribution is 9.10. The summed E-state index contributed by atoms with van der Waals surface area (Å²) in [5.74, 6) is 2.55. The Balaban J connectivity index is 1.42. The van der Waals surface area contributed by atoms with Gasteiger partial charge < -0.3 is 4.74 Å². The molecular weight excluding hydrogens is 328 g/mol. The molecular formula is C18H21BrO2. The summed E-state index contributed by atoms with van der Waals surface area (Å²) >= 11 is 3.39. The largest absolute Gasteiger partial charge is 0.462 e. The first kappa shape index (κ1) is 13.8. The molecule has 5 rings (SSSR count). The molecule has 4 bridgehead atoms. The van der Waals surface area contributed by atoms with Gasteiger partial charge in [-0.3, -0.25) is 0 Å². The van der Waals surface area contributed by atoms with Crippen molar-refractivity contribution in [3.63, 3.8) is 0 Å². The summed E-state index contributed by atoms with van der Waals surface area (Å²) in [7, 11) is 0. The summed E-state index contributed by atoms with van der Waals surface area (Å²) in [6, 6.07) is 7.43. The van der Waals surface area contributed by atoms with Gasteiger partial charge in [0.05, 0.1) is 12.2 Å². The molecule has 0 saturated heterocycles. The van der Waals surface area contributed by atoms with E-state index in [1.807, 2.05) is 24.3 Å². The molecule has 2 nitrogen and oxygen atoms in total. The Kier molecular flexibility index (Phi) is 3.36. The van der Waals surface area contributed by atoms with Crippen LogP contribution in [0.2, 0.25) is 0 Å². The molecule has 0 unspecified atom stereocenters. The van der Waals surface area contributed by atoms with Crippen LogP contribution in [0, 0.1) is 23.2 Å². The van der Waals surface area contributed by atoms with Gasteiger partial charge in [-0.2, -0.15) is 0 Å². The van der Waals surface area contributed by atoms with E-state index >= 15 is 0 Å². The quantitative estimate of drug-likeness (QED) is 0.731. The maximum atomic E-state index is 12.2. The fourth-order valence-corrected chi connectivity index (χ4v) is 5.62. The van der Waals surface area contributed by atoms with Gasteiger partial charge in [-0.05, 0) is 80.5 Å². The van der Waals surface area contributed by atoms with Crippen molar-refractivity contribution < 1.29 is 9.53 Å². The van der Waals surface area contributed by atoms with Crippen LogP contribution < -0.4 is 0 Å². The molecule has 3 heteroatoms. The van der Waals surface area contributed by atoms with Crippen LogP contribution in [-0.4, -0.2) is 12.6 Å². The zero-order valence-corrected chi connectivity index (χ0v) is 13.8. The van der Waals surface area contributed by atoms with Crippen LogP contribution in [0.1, 0.15) is 48.9 Å². The molecule has 4 saturated carbocycles. The third-order valence-corrected chi connectivity index (χ3v) is 6.28. The van der Waals surface area contributed by atoms with Gasteiger partial charge in [0.1, 0.15) is 0 Å². The van der Waals surface area contributed by atoms with Gasteiger partial charge in [-0.25, -0.2) is 4.79 Å². The molecule has 4 aliphatic rings. The van der Waals surface area contributed by atoms with E-state index in [4.69, 9.17) is 4.74 Å². The summed E-state index contributed by atoms with van der Waals surface area (Å²) < 4.78 is 6.68. The van der Waals surface area contributed by atoms with E-state index in [0.717, 1.165) is 22.2 Å². The Morgan fingerprint density at radius 3 is 2.10 bits per heavy atom. The van der Waals surface area contributed by atoms with E-state index in [1.165, 1.54) is 38.5 Å². The lowest BCUT2D eigenvalue weighted by atomic mass is 9.50. The zero-order valence-electron chi connectivity index (χ0n) is 12.2. The Labute approximate surface area is 134 Å². The van der Waals surface area contributed by atoms with Crippen LogP contribution >= 0.6 is 15.9 Å². The topological polar surface area (TPSA) is 26.3 Å². The van der Waals surface area contributed by atoms with E-state index < -0.39 is 0 Å². The molecule has 1 aromatic carbocycles. The maximum Gasteiger partial charge on any atom is 0.338 e. The average Bonchev–Trinajstić information content (AvgIpc) is 2.44. The van der Waals surface area contributed by atoms with E-state index in [9.17, 15) is 4.79 Å². The van der Waals surface area contributed by atoms with Crippen molar-refractivity contribution in [2.24, 2.45) is 23.2 Å². The van der Waals surface area contributed by atoms with Gasteiger partial charge in [-0.1, -0.05) is 15.9 Å². The molecule has 0 spiro atoms. The Morgan fingerprint density at radius 1 is 1.05 bits per heavy atom. The van der Waals surface area contributed by atoms with Crippen LogP contribution in [0.4, 0.5) is 0 Å². The van der Waals surface area contributed by atoms with Crippen molar-refractivity contribution in [1.29, 1.82) is 0 Å². The van der Waals surface area contributed by atoms with Crippen molar-refractivity contribution in [3.05, 3.63) is 34.3 Å². The lowest BCUT2D eigenvalue weighted by molar-refractivity contribution is -0.0848. The predicted molar refractivity (Wildman–Crippen MR) is 85.0 cm³/mol. The molecule has 4 aliphatic carbocycles.